The van der Waals surface area contributed by atoms with Gasteiger partial charge in [0.05, 0.1) is 0 Å². The molecule has 0 spiro atoms. The van der Waals surface area contributed by atoms with Gasteiger partial charge in [0, 0.05) is 64.6 Å². The molecule has 0 fully saturated rings. The summed E-state index contributed by atoms with van der Waals surface area (Å²) in [6.07, 6.45) is 6.62. The molecular formula is C45H52IrNO3S-. The fraction of sp³-hybridized carbons (Fsp3) is 0.378. The van der Waals surface area contributed by atoms with Crippen molar-refractivity contribution in [3.63, 3.8) is 0 Å². The minimum atomic E-state index is -0.337. The molecule has 51 heavy (non-hydrogen) atoms. The summed E-state index contributed by atoms with van der Waals surface area (Å²) in [7, 11) is 0. The predicted octanol–water partition coefficient (Wildman–Crippen LogP) is 13.6. The Hall–Kier alpha value is -3.57. The molecule has 0 amide bonds. The molecule has 0 aliphatic rings. The first-order chi connectivity index (χ1) is 23.7. The first-order valence-electron chi connectivity index (χ1n) is 18.0. The Morgan fingerprint density at radius 1 is 0.882 bits per heavy atom. The van der Waals surface area contributed by atoms with Crippen LogP contribution >= 0.6 is 11.3 Å². The van der Waals surface area contributed by atoms with Crippen molar-refractivity contribution in [3.8, 4) is 22.6 Å². The Labute approximate surface area is 321 Å². The minimum Gasteiger partial charge on any atom is -0.512 e. The van der Waals surface area contributed by atoms with Crippen LogP contribution in [0.4, 0.5) is 0 Å². The summed E-state index contributed by atoms with van der Waals surface area (Å²) in [5.74, 6) is 1.16. The average Bonchev–Trinajstić information content (AvgIpc) is 3.73. The molecule has 271 valence electrons. The van der Waals surface area contributed by atoms with Crippen molar-refractivity contribution in [3.05, 3.63) is 101 Å². The van der Waals surface area contributed by atoms with E-state index in [-0.39, 0.29) is 47.9 Å². The van der Waals surface area contributed by atoms with Gasteiger partial charge in [-0.3, -0.25) is 9.78 Å². The van der Waals surface area contributed by atoms with Gasteiger partial charge in [-0.25, -0.2) is 0 Å². The second-order valence-corrected chi connectivity index (χ2v) is 16.0. The van der Waals surface area contributed by atoms with Crippen molar-refractivity contribution in [2.24, 2.45) is 10.8 Å². The molecule has 0 bridgehead atoms. The Morgan fingerprint density at radius 3 is 2.18 bits per heavy atom. The molecule has 0 atom stereocenters. The number of aliphatic hydroxyl groups is 1. The number of nitrogens with zero attached hydrogens (tertiary/aromatic N) is 1. The average molecular weight is 879 g/mol. The molecule has 3 heterocycles. The van der Waals surface area contributed by atoms with E-state index in [1.54, 1.807) is 11.3 Å². The summed E-state index contributed by atoms with van der Waals surface area (Å²) >= 11 is 1.77. The van der Waals surface area contributed by atoms with Crippen LogP contribution < -0.4 is 0 Å². The number of carbonyl (C=O) groups is 1. The van der Waals surface area contributed by atoms with Crippen molar-refractivity contribution >= 4 is 48.9 Å². The van der Waals surface area contributed by atoms with Gasteiger partial charge in [-0.1, -0.05) is 104 Å². The normalized spacial score (nSPS) is 12.5. The van der Waals surface area contributed by atoms with Crippen LogP contribution in [0.2, 0.25) is 0 Å². The molecule has 0 unspecified atom stereocenters. The zero-order valence-electron chi connectivity index (χ0n) is 31.8. The number of hydrogen-bond donors (Lipinski definition) is 1. The summed E-state index contributed by atoms with van der Waals surface area (Å²) in [4.78, 5) is 16.9. The fourth-order valence-electron chi connectivity index (χ4n) is 6.33. The fourth-order valence-corrected chi connectivity index (χ4v) is 7.40. The number of aryl methyl sites for hydroxylation is 1. The van der Waals surface area contributed by atoms with Crippen LogP contribution in [0.15, 0.2) is 88.5 Å². The van der Waals surface area contributed by atoms with Gasteiger partial charge in [-0.2, -0.15) is 0 Å². The quantitative estimate of drug-likeness (QED) is 0.0893. The Morgan fingerprint density at radius 2 is 1.53 bits per heavy atom. The van der Waals surface area contributed by atoms with Gasteiger partial charge in [-0.15, -0.1) is 40.5 Å². The van der Waals surface area contributed by atoms with Crippen LogP contribution in [0.25, 0.3) is 54.4 Å². The number of allylic oxidation sites excluding steroid dienone is 2. The maximum absolute atomic E-state index is 12.2. The van der Waals surface area contributed by atoms with E-state index in [0.29, 0.717) is 0 Å². The molecule has 0 aliphatic heterocycles. The third kappa shape index (κ3) is 8.09. The van der Waals surface area contributed by atoms with Gasteiger partial charge < -0.3 is 9.52 Å². The van der Waals surface area contributed by atoms with E-state index >= 15 is 0 Å². The largest absolute Gasteiger partial charge is 0.512 e. The van der Waals surface area contributed by atoms with E-state index in [1.807, 2.05) is 53.8 Å². The molecule has 1 N–H and O–H groups in total. The van der Waals surface area contributed by atoms with Crippen LogP contribution in [0, 0.1) is 23.8 Å². The SMILES string of the molecule is CCC(C)(CC)C(=O)/C=C(\O)C(C)(CC)CC.Cc1csc2c(-c3cc4ccnc(-c5[c-]c6ccccc6c(C(C)(C)C)c5)c4o3)cccc12.[Ir]. The number of hydrogen-bond acceptors (Lipinski definition) is 5. The van der Waals surface area contributed by atoms with Gasteiger partial charge >= 0.3 is 0 Å². The molecule has 6 aromatic rings. The van der Waals surface area contributed by atoms with Gasteiger partial charge in [0.25, 0.3) is 0 Å². The molecular weight excluding hydrogens is 827 g/mol. The number of ketones is 1. The topological polar surface area (TPSA) is 63.3 Å². The van der Waals surface area contributed by atoms with E-state index in [9.17, 15) is 9.90 Å². The van der Waals surface area contributed by atoms with E-state index in [2.05, 4.69) is 93.7 Å². The second kappa shape index (κ2) is 16.0. The summed E-state index contributed by atoms with van der Waals surface area (Å²) in [6.45, 7) is 21.0. The van der Waals surface area contributed by atoms with Crippen LogP contribution in [-0.2, 0) is 30.3 Å². The molecule has 4 nitrogen and oxygen atoms in total. The van der Waals surface area contributed by atoms with E-state index < -0.39 is 0 Å². The van der Waals surface area contributed by atoms with Crippen molar-refractivity contribution in [1.29, 1.82) is 0 Å². The molecule has 6 rings (SSSR count). The van der Waals surface area contributed by atoms with E-state index in [4.69, 9.17) is 9.40 Å². The Bertz CT molecular complexity index is 2170. The maximum atomic E-state index is 12.2. The summed E-state index contributed by atoms with van der Waals surface area (Å²) in [5, 5.41) is 17.0. The first kappa shape index (κ1) is 40.2. The maximum Gasteiger partial charge on any atom is 0.164 e. The van der Waals surface area contributed by atoms with Gasteiger partial charge in [-0.05, 0) is 72.6 Å². The molecule has 1 radical (unpaired) electrons. The van der Waals surface area contributed by atoms with Crippen molar-refractivity contribution in [2.75, 3.05) is 0 Å². The zero-order chi connectivity index (χ0) is 36.4. The number of aliphatic hydroxyl groups excluding tert-OH is 1. The smallest absolute Gasteiger partial charge is 0.164 e. The molecule has 6 heteroatoms. The predicted molar refractivity (Wildman–Crippen MR) is 213 cm³/mol. The van der Waals surface area contributed by atoms with Crippen molar-refractivity contribution in [1.82, 2.24) is 4.98 Å². The second-order valence-electron chi connectivity index (χ2n) is 15.1. The van der Waals surface area contributed by atoms with Crippen molar-refractivity contribution < 1.29 is 34.4 Å². The summed E-state index contributed by atoms with van der Waals surface area (Å²) in [5.41, 5.74) is 5.73. The number of aromatic nitrogens is 1. The number of furan rings is 1. The van der Waals surface area contributed by atoms with Crippen LogP contribution in [0.5, 0.6) is 0 Å². The molecule has 3 aromatic heterocycles. The number of thiophene rings is 1. The Kier molecular flexibility index (Phi) is 12.6. The van der Waals surface area contributed by atoms with Gasteiger partial charge in [0.15, 0.2) is 5.78 Å². The molecule has 0 saturated heterocycles. The van der Waals surface area contributed by atoms with E-state index in [0.717, 1.165) is 64.6 Å². The number of benzene rings is 3. The van der Waals surface area contributed by atoms with E-state index in [1.165, 1.54) is 32.7 Å². The molecule has 3 aromatic carbocycles. The first-order valence-corrected chi connectivity index (χ1v) is 18.8. The Balaban J connectivity index is 0.000000279. The summed E-state index contributed by atoms with van der Waals surface area (Å²) in [6, 6.07) is 24.9. The number of carbonyl (C=O) groups excluding carboxylic acids is 1. The third-order valence-corrected chi connectivity index (χ3v) is 12.1. The molecule has 0 aliphatic carbocycles. The standard InChI is InChI=1S/C30H24NOS.C15H28O2.Ir/c1-18-17-33-29-22(18)10-7-11-24(29)26-16-20-12-13-31-27(28(20)32-26)21-14-19-8-5-6-9-23(19)25(15-21)30(2,3)4;1-7-14(5,8-2)12(16)11-13(17)15(6,9-3)10-4;/h5-13,15-17H,1-4H3;11,16H,7-10H2,1-6H3;/q-1;;/b;12-11-;. The zero-order valence-corrected chi connectivity index (χ0v) is 35.0. The number of pyridine rings is 1. The van der Waals surface area contributed by atoms with Crippen LogP contribution in [-0.4, -0.2) is 15.9 Å². The van der Waals surface area contributed by atoms with Crippen LogP contribution in [0.3, 0.4) is 0 Å². The van der Waals surface area contributed by atoms with Gasteiger partial charge in [0.1, 0.15) is 17.1 Å². The monoisotopic (exact) mass is 879 g/mol. The number of rotatable bonds is 9. The number of fused-ring (bicyclic) bond motifs is 3. The summed E-state index contributed by atoms with van der Waals surface area (Å²) < 4.78 is 7.78. The van der Waals surface area contributed by atoms with Crippen LogP contribution in [0.1, 0.15) is 99.1 Å². The van der Waals surface area contributed by atoms with Gasteiger partial charge in [0.2, 0.25) is 0 Å². The van der Waals surface area contributed by atoms with Crippen molar-refractivity contribution in [2.45, 2.75) is 100 Å². The third-order valence-electron chi connectivity index (χ3n) is 10.9. The minimum absolute atomic E-state index is 0. The molecule has 0 saturated carbocycles.